The molecule has 0 aliphatic rings. The third kappa shape index (κ3) is 15.7. The third-order valence-corrected chi connectivity index (χ3v) is 9.81. The van der Waals surface area contributed by atoms with E-state index in [4.69, 9.17) is 23.1 Å². The van der Waals surface area contributed by atoms with Crippen molar-refractivity contribution in [3.8, 4) is 11.1 Å². The van der Waals surface area contributed by atoms with Crippen molar-refractivity contribution < 1.29 is 29.0 Å². The number of hydrogen-bond acceptors (Lipinski definition) is 8. The lowest BCUT2D eigenvalue weighted by Crippen LogP contribution is -2.47. The Kier molecular flexibility index (Phi) is 20.1. The maximum atomic E-state index is 13.8. The summed E-state index contributed by atoms with van der Waals surface area (Å²) in [5, 5.41) is 16.3. The molecule has 5 atom stereocenters. The molecule has 2 aromatic rings. The number of ketones is 3. The molecule has 0 heterocycles. The average Bonchev–Trinajstić information content (AvgIpc) is 3.10. The number of carbonyl (C=O) groups excluding carboxylic acids is 5. The summed E-state index contributed by atoms with van der Waals surface area (Å²) < 4.78 is 0. The number of halogens is 1. The van der Waals surface area contributed by atoms with Gasteiger partial charge in [0, 0.05) is 41.7 Å². The van der Waals surface area contributed by atoms with E-state index in [1.807, 2.05) is 38.1 Å². The highest BCUT2D eigenvalue weighted by Gasteiger charge is 2.31. The first-order valence-electron chi connectivity index (χ1n) is 18.8. The van der Waals surface area contributed by atoms with Gasteiger partial charge in [0.15, 0.2) is 17.3 Å². The zero-order chi connectivity index (χ0) is 38.8. The van der Waals surface area contributed by atoms with Crippen LogP contribution in [-0.2, 0) is 19.2 Å². The van der Waals surface area contributed by atoms with E-state index in [1.165, 1.54) is 0 Å². The monoisotopic (exact) mass is 738 g/mol. The van der Waals surface area contributed by atoms with Crippen LogP contribution in [-0.4, -0.2) is 66.3 Å². The van der Waals surface area contributed by atoms with Crippen molar-refractivity contribution in [2.75, 3.05) is 13.1 Å². The SMILES string of the molecule is CB(O)[C@H](C)CC(=O)[C@H](CC(C)C)NC(=O)[C@H](C)CC(=O)[C@H](CCCCN)NC(=O)[C@H](CCCCN)CC(=O)c1ccc(-c2ccc(Cl)cc2)cc1. The summed E-state index contributed by atoms with van der Waals surface area (Å²) in [5.74, 6) is -3.00. The minimum absolute atomic E-state index is 0.0296. The first-order valence-corrected chi connectivity index (χ1v) is 19.2. The molecule has 7 N–H and O–H groups in total. The van der Waals surface area contributed by atoms with Gasteiger partial charge in [0.05, 0.1) is 12.1 Å². The number of amides is 2. The Morgan fingerprint density at radius 1 is 0.712 bits per heavy atom. The van der Waals surface area contributed by atoms with E-state index in [9.17, 15) is 29.0 Å². The van der Waals surface area contributed by atoms with Crippen molar-refractivity contribution in [3.05, 3.63) is 59.1 Å². The van der Waals surface area contributed by atoms with Crippen LogP contribution in [0.25, 0.3) is 11.1 Å². The van der Waals surface area contributed by atoms with E-state index >= 15 is 0 Å². The summed E-state index contributed by atoms with van der Waals surface area (Å²) >= 11 is 6.02. The third-order valence-electron chi connectivity index (χ3n) is 9.56. The van der Waals surface area contributed by atoms with Crippen molar-refractivity contribution in [3.63, 3.8) is 0 Å². The number of benzene rings is 2. The Bertz CT molecular complexity index is 1440. The maximum Gasteiger partial charge on any atom is 0.289 e. The lowest BCUT2D eigenvalue weighted by molar-refractivity contribution is -0.134. The van der Waals surface area contributed by atoms with Gasteiger partial charge in [-0.1, -0.05) is 88.9 Å². The lowest BCUT2D eigenvalue weighted by Gasteiger charge is -2.25. The number of rotatable bonds is 25. The number of unbranched alkanes of at least 4 members (excludes halogenated alkanes) is 2. The second-order valence-corrected chi connectivity index (χ2v) is 15.1. The molecular formula is C40H60BClN4O6. The molecule has 12 heteroatoms. The molecule has 0 aromatic heterocycles. The summed E-state index contributed by atoms with van der Waals surface area (Å²) in [5.41, 5.74) is 13.8. The molecule has 0 bridgehead atoms. The topological polar surface area (TPSA) is 182 Å². The first-order chi connectivity index (χ1) is 24.7. The summed E-state index contributed by atoms with van der Waals surface area (Å²) in [6.45, 7) is 9.20. The Labute approximate surface area is 315 Å². The largest absolute Gasteiger partial charge is 0.450 e. The lowest BCUT2D eigenvalue weighted by atomic mass is 9.58. The van der Waals surface area contributed by atoms with E-state index in [0.717, 1.165) is 11.1 Å². The molecule has 10 nitrogen and oxygen atoms in total. The van der Waals surface area contributed by atoms with Gasteiger partial charge < -0.3 is 27.1 Å². The van der Waals surface area contributed by atoms with Crippen LogP contribution < -0.4 is 22.1 Å². The molecule has 0 saturated carbocycles. The number of nitrogens with two attached hydrogens (primary N) is 2. The molecule has 2 rings (SSSR count). The molecule has 286 valence electrons. The van der Waals surface area contributed by atoms with Gasteiger partial charge in [-0.3, -0.25) is 24.0 Å². The predicted octanol–water partition coefficient (Wildman–Crippen LogP) is 6.03. The summed E-state index contributed by atoms with van der Waals surface area (Å²) in [4.78, 5) is 67.3. The number of carbonyl (C=O) groups is 5. The molecule has 2 aromatic carbocycles. The fourth-order valence-electron chi connectivity index (χ4n) is 6.01. The van der Waals surface area contributed by atoms with Gasteiger partial charge in [-0.2, -0.15) is 0 Å². The van der Waals surface area contributed by atoms with Crippen molar-refractivity contribution in [1.29, 1.82) is 0 Å². The van der Waals surface area contributed by atoms with Crippen LogP contribution in [0.1, 0.15) is 102 Å². The average molecular weight is 739 g/mol. The number of nitrogens with one attached hydrogen (secondary N) is 2. The van der Waals surface area contributed by atoms with Gasteiger partial charge in [0.25, 0.3) is 6.92 Å². The van der Waals surface area contributed by atoms with Crippen LogP contribution in [0.2, 0.25) is 17.7 Å². The minimum Gasteiger partial charge on any atom is -0.450 e. The van der Waals surface area contributed by atoms with E-state index in [2.05, 4.69) is 10.6 Å². The fraction of sp³-hybridized carbons (Fsp3) is 0.575. The zero-order valence-corrected chi connectivity index (χ0v) is 32.4. The van der Waals surface area contributed by atoms with Crippen LogP contribution >= 0.6 is 11.6 Å². The van der Waals surface area contributed by atoms with Crippen molar-refractivity contribution in [2.24, 2.45) is 29.2 Å². The predicted molar refractivity (Wildman–Crippen MR) is 210 cm³/mol. The molecule has 0 aliphatic carbocycles. The summed E-state index contributed by atoms with van der Waals surface area (Å²) in [7, 11) is 0. The quantitative estimate of drug-likeness (QED) is 0.0465. The van der Waals surface area contributed by atoms with Gasteiger partial charge in [0.2, 0.25) is 11.8 Å². The molecule has 52 heavy (non-hydrogen) atoms. The first kappa shape index (κ1) is 44.8. The fourth-order valence-corrected chi connectivity index (χ4v) is 6.14. The highest BCUT2D eigenvalue weighted by molar-refractivity contribution is 6.50. The normalized spacial score (nSPS) is 14.2. The number of hydrogen-bond donors (Lipinski definition) is 5. The maximum absolute atomic E-state index is 13.8. The Morgan fingerprint density at radius 2 is 1.23 bits per heavy atom. The van der Waals surface area contributed by atoms with Crippen LogP contribution in [0.5, 0.6) is 0 Å². The summed E-state index contributed by atoms with van der Waals surface area (Å²) in [6, 6.07) is 13.0. The van der Waals surface area contributed by atoms with E-state index in [1.54, 1.807) is 44.9 Å². The molecule has 0 spiro atoms. The minimum atomic E-state index is -0.861. The van der Waals surface area contributed by atoms with Crippen molar-refractivity contribution >= 4 is 47.7 Å². The molecular weight excluding hydrogens is 679 g/mol. The van der Waals surface area contributed by atoms with Crippen molar-refractivity contribution in [1.82, 2.24) is 10.6 Å². The van der Waals surface area contributed by atoms with Gasteiger partial charge >= 0.3 is 0 Å². The number of Topliss-reactive ketones (excluding diaryl/α,β-unsaturated/α-hetero) is 3. The van der Waals surface area contributed by atoms with Gasteiger partial charge in [-0.25, -0.2) is 0 Å². The molecule has 0 radical (unpaired) electrons. The molecule has 0 fully saturated rings. The van der Waals surface area contributed by atoms with Crippen LogP contribution in [0, 0.1) is 17.8 Å². The van der Waals surface area contributed by atoms with E-state index in [0.29, 0.717) is 68.6 Å². The highest BCUT2D eigenvalue weighted by Crippen LogP contribution is 2.24. The summed E-state index contributed by atoms with van der Waals surface area (Å²) in [6.07, 6.45) is 3.76. The molecule has 2 amide bonds. The van der Waals surface area contributed by atoms with Gasteiger partial charge in [-0.05, 0) is 86.6 Å². The van der Waals surface area contributed by atoms with Crippen LogP contribution in [0.4, 0.5) is 0 Å². The van der Waals surface area contributed by atoms with Crippen LogP contribution in [0.3, 0.4) is 0 Å². The zero-order valence-electron chi connectivity index (χ0n) is 31.7. The van der Waals surface area contributed by atoms with Gasteiger partial charge in [0.1, 0.15) is 0 Å². The standard InChI is InChI=1S/C40H60BClN4O6/c1-26(2)22-35(38(49)24-28(4)41(5)52)46-39(50)27(3)23-37(48)34(11-7-9-21-44)45-40(51)32(10-6-8-20-43)25-36(47)31-14-12-29(13-15-31)30-16-18-33(42)19-17-30/h12-19,26-28,32,34-35,52H,6-11,20-25,43-44H2,1-5H3,(H,45,51)(H,46,50)/t27-,28-,32-,34+,35+/m1/s1. The highest BCUT2D eigenvalue weighted by atomic mass is 35.5. The van der Waals surface area contributed by atoms with E-state index < -0.39 is 36.7 Å². The Balaban J connectivity index is 2.17. The molecule has 0 saturated heterocycles. The van der Waals surface area contributed by atoms with Crippen molar-refractivity contribution in [2.45, 2.75) is 117 Å². The molecule has 0 aliphatic heterocycles. The molecule has 0 unspecified atom stereocenters. The second-order valence-electron chi connectivity index (χ2n) is 14.7. The van der Waals surface area contributed by atoms with Gasteiger partial charge in [-0.15, -0.1) is 0 Å². The van der Waals surface area contributed by atoms with Crippen LogP contribution in [0.15, 0.2) is 48.5 Å². The Hall–Kier alpha value is -3.38. The Morgan fingerprint density at radius 3 is 1.77 bits per heavy atom. The second kappa shape index (κ2) is 23.3. The van der Waals surface area contributed by atoms with E-state index in [-0.39, 0.29) is 54.3 Å². The smallest absolute Gasteiger partial charge is 0.289 e.